The van der Waals surface area contributed by atoms with Crippen LogP contribution in [0.2, 0.25) is 5.02 Å². The van der Waals surface area contributed by atoms with Crippen molar-refractivity contribution in [2.24, 2.45) is 0 Å². The van der Waals surface area contributed by atoms with E-state index in [1.54, 1.807) is 14.2 Å². The van der Waals surface area contributed by atoms with Gasteiger partial charge in [-0.2, -0.15) is 0 Å². The molecule has 0 spiro atoms. The molecule has 0 radical (unpaired) electrons. The molecule has 0 bridgehead atoms. The molecule has 2 N–H and O–H groups in total. The van der Waals surface area contributed by atoms with E-state index in [0.29, 0.717) is 30.2 Å². The molecule has 5 nitrogen and oxygen atoms in total. The summed E-state index contributed by atoms with van der Waals surface area (Å²) < 4.78 is 23.5. The molecule has 25 heavy (non-hydrogen) atoms. The van der Waals surface area contributed by atoms with Crippen LogP contribution in [0.25, 0.3) is 0 Å². The zero-order valence-electron chi connectivity index (χ0n) is 14.1. The first kappa shape index (κ1) is 18.9. The van der Waals surface area contributed by atoms with Gasteiger partial charge in [-0.05, 0) is 42.3 Å². The second-order valence-electron chi connectivity index (χ2n) is 5.27. The van der Waals surface area contributed by atoms with Crippen LogP contribution in [0, 0.1) is 5.82 Å². The zero-order chi connectivity index (χ0) is 18.2. The van der Waals surface area contributed by atoms with Crippen LogP contribution >= 0.6 is 11.6 Å². The molecule has 0 aliphatic heterocycles. The van der Waals surface area contributed by atoms with Crippen molar-refractivity contribution in [3.63, 3.8) is 0 Å². The Kier molecular flexibility index (Phi) is 6.89. The standard InChI is InChI=1S/C18H20ClFN2O3/c1-24-16-6-3-12(9-17(16)25-2)7-8-21-18(23)11-22-13-4-5-15(20)14(19)10-13/h3-6,9-10,22H,7-8,11H2,1-2H3,(H,21,23). The predicted octanol–water partition coefficient (Wildman–Crippen LogP) is 3.27. The Bertz CT molecular complexity index is 740. The summed E-state index contributed by atoms with van der Waals surface area (Å²) in [5, 5.41) is 5.72. The van der Waals surface area contributed by atoms with E-state index in [2.05, 4.69) is 10.6 Å². The van der Waals surface area contributed by atoms with Gasteiger partial charge in [-0.25, -0.2) is 4.39 Å². The maximum atomic E-state index is 13.1. The van der Waals surface area contributed by atoms with Crippen LogP contribution in [0.3, 0.4) is 0 Å². The van der Waals surface area contributed by atoms with Gasteiger partial charge in [-0.3, -0.25) is 4.79 Å². The minimum atomic E-state index is -0.494. The number of halogens is 2. The number of carbonyl (C=O) groups excluding carboxylic acids is 1. The van der Waals surface area contributed by atoms with Crippen LogP contribution in [0.4, 0.5) is 10.1 Å². The minimum absolute atomic E-state index is 0.0128. The summed E-state index contributed by atoms with van der Waals surface area (Å²) in [6.45, 7) is 0.564. The molecule has 0 saturated heterocycles. The summed E-state index contributed by atoms with van der Waals surface area (Å²) in [4.78, 5) is 11.9. The van der Waals surface area contributed by atoms with Crippen LogP contribution in [-0.4, -0.2) is 33.2 Å². The number of hydrogen-bond acceptors (Lipinski definition) is 4. The molecule has 2 aromatic carbocycles. The van der Waals surface area contributed by atoms with Crippen molar-refractivity contribution in [1.82, 2.24) is 5.32 Å². The molecule has 134 valence electrons. The number of methoxy groups -OCH3 is 2. The molecule has 0 aliphatic carbocycles. The Hall–Kier alpha value is -2.47. The van der Waals surface area contributed by atoms with Crippen molar-refractivity contribution in [2.75, 3.05) is 32.6 Å². The second-order valence-corrected chi connectivity index (χ2v) is 5.68. The van der Waals surface area contributed by atoms with Gasteiger partial charge in [0.1, 0.15) is 5.82 Å². The largest absolute Gasteiger partial charge is 0.493 e. The SMILES string of the molecule is COc1ccc(CCNC(=O)CNc2ccc(F)c(Cl)c2)cc1OC. The minimum Gasteiger partial charge on any atom is -0.493 e. The number of benzene rings is 2. The monoisotopic (exact) mass is 366 g/mol. The molecule has 0 aromatic heterocycles. The molecule has 2 rings (SSSR count). The van der Waals surface area contributed by atoms with E-state index in [9.17, 15) is 9.18 Å². The van der Waals surface area contributed by atoms with Crippen molar-refractivity contribution < 1.29 is 18.7 Å². The van der Waals surface area contributed by atoms with Gasteiger partial charge < -0.3 is 20.1 Å². The third-order valence-electron chi connectivity index (χ3n) is 3.56. The average Bonchev–Trinajstić information content (AvgIpc) is 2.62. The quantitative estimate of drug-likeness (QED) is 0.752. The first-order chi connectivity index (χ1) is 12.0. The molecule has 0 heterocycles. The highest BCUT2D eigenvalue weighted by Gasteiger charge is 2.06. The van der Waals surface area contributed by atoms with Gasteiger partial charge in [0.2, 0.25) is 5.91 Å². The molecule has 2 aromatic rings. The molecule has 0 aliphatic rings. The molecular weight excluding hydrogens is 347 g/mol. The summed E-state index contributed by atoms with van der Waals surface area (Å²) in [7, 11) is 3.16. The van der Waals surface area contributed by atoms with E-state index < -0.39 is 5.82 Å². The highest BCUT2D eigenvalue weighted by atomic mass is 35.5. The molecule has 1 amide bonds. The van der Waals surface area contributed by atoms with Crippen LogP contribution in [0.1, 0.15) is 5.56 Å². The van der Waals surface area contributed by atoms with Crippen LogP contribution in [0.15, 0.2) is 36.4 Å². The van der Waals surface area contributed by atoms with Gasteiger partial charge in [-0.15, -0.1) is 0 Å². The number of ether oxygens (including phenoxy) is 2. The fourth-order valence-electron chi connectivity index (χ4n) is 2.23. The van der Waals surface area contributed by atoms with E-state index in [0.717, 1.165) is 5.56 Å². The summed E-state index contributed by atoms with van der Waals surface area (Å²) in [6, 6.07) is 9.84. The normalized spacial score (nSPS) is 10.2. The number of carbonyl (C=O) groups is 1. The van der Waals surface area contributed by atoms with Crippen molar-refractivity contribution in [1.29, 1.82) is 0 Å². The molecule has 7 heteroatoms. The smallest absolute Gasteiger partial charge is 0.239 e. The lowest BCUT2D eigenvalue weighted by atomic mass is 10.1. The molecule has 0 fully saturated rings. The number of anilines is 1. The Morgan fingerprint density at radius 1 is 1.12 bits per heavy atom. The maximum Gasteiger partial charge on any atom is 0.239 e. The van der Waals surface area contributed by atoms with E-state index in [1.807, 2.05) is 18.2 Å². The van der Waals surface area contributed by atoms with Crippen molar-refractivity contribution in [3.8, 4) is 11.5 Å². The summed E-state index contributed by atoms with van der Waals surface area (Å²) >= 11 is 5.69. The molecular formula is C18H20ClFN2O3. The van der Waals surface area contributed by atoms with E-state index in [4.69, 9.17) is 21.1 Å². The summed E-state index contributed by atoms with van der Waals surface area (Å²) in [5.41, 5.74) is 1.61. The molecule has 0 saturated carbocycles. The number of nitrogens with one attached hydrogen (secondary N) is 2. The van der Waals surface area contributed by atoms with Crippen LogP contribution < -0.4 is 20.1 Å². The van der Waals surface area contributed by atoms with Crippen molar-refractivity contribution in [2.45, 2.75) is 6.42 Å². The summed E-state index contributed by atoms with van der Waals surface area (Å²) in [6.07, 6.45) is 0.661. The lowest BCUT2D eigenvalue weighted by molar-refractivity contribution is -0.119. The number of hydrogen-bond donors (Lipinski definition) is 2. The Labute approximate surface area is 151 Å². The third kappa shape index (κ3) is 5.53. The van der Waals surface area contributed by atoms with Crippen LogP contribution in [-0.2, 0) is 11.2 Å². The fraction of sp³-hybridized carbons (Fsp3) is 0.278. The lowest BCUT2D eigenvalue weighted by Crippen LogP contribution is -2.31. The summed E-state index contributed by atoms with van der Waals surface area (Å²) in [5.74, 6) is 0.658. The van der Waals surface area contributed by atoms with Crippen molar-refractivity contribution in [3.05, 3.63) is 52.8 Å². The maximum absolute atomic E-state index is 13.1. The highest BCUT2D eigenvalue weighted by Crippen LogP contribution is 2.27. The third-order valence-corrected chi connectivity index (χ3v) is 3.85. The zero-order valence-corrected chi connectivity index (χ0v) is 14.8. The Balaban J connectivity index is 1.77. The van der Waals surface area contributed by atoms with Gasteiger partial charge in [0, 0.05) is 12.2 Å². The Morgan fingerprint density at radius 3 is 2.56 bits per heavy atom. The van der Waals surface area contributed by atoms with Gasteiger partial charge >= 0.3 is 0 Å². The van der Waals surface area contributed by atoms with E-state index in [-0.39, 0.29) is 17.5 Å². The Morgan fingerprint density at radius 2 is 1.88 bits per heavy atom. The first-order valence-electron chi connectivity index (χ1n) is 7.70. The van der Waals surface area contributed by atoms with Crippen molar-refractivity contribution >= 4 is 23.2 Å². The van der Waals surface area contributed by atoms with Crippen LogP contribution in [0.5, 0.6) is 11.5 Å². The van der Waals surface area contributed by atoms with Gasteiger partial charge in [0.05, 0.1) is 25.8 Å². The molecule has 0 unspecified atom stereocenters. The second kappa shape index (κ2) is 9.13. The topological polar surface area (TPSA) is 59.6 Å². The number of amides is 1. The molecule has 0 atom stereocenters. The lowest BCUT2D eigenvalue weighted by Gasteiger charge is -2.11. The predicted molar refractivity (Wildman–Crippen MR) is 96.2 cm³/mol. The van der Waals surface area contributed by atoms with E-state index >= 15 is 0 Å². The number of rotatable bonds is 8. The average molecular weight is 367 g/mol. The van der Waals surface area contributed by atoms with E-state index in [1.165, 1.54) is 18.2 Å². The highest BCUT2D eigenvalue weighted by molar-refractivity contribution is 6.31. The van der Waals surface area contributed by atoms with Gasteiger partial charge in [-0.1, -0.05) is 17.7 Å². The van der Waals surface area contributed by atoms with Gasteiger partial charge in [0.25, 0.3) is 0 Å². The fourth-order valence-corrected chi connectivity index (χ4v) is 2.41. The first-order valence-corrected chi connectivity index (χ1v) is 8.08. The van der Waals surface area contributed by atoms with Gasteiger partial charge in [0.15, 0.2) is 11.5 Å².